The van der Waals surface area contributed by atoms with Crippen molar-refractivity contribution in [2.45, 2.75) is 19.3 Å². The Kier molecular flexibility index (Phi) is 4.04. The maximum atomic E-state index is 12.1. The molecule has 0 aromatic heterocycles. The standard InChI is InChI=1S/C13H19N3O2/c1-18-12-9-10(14)5-6-11(12)13(17)15-16-7-3-2-4-8-16/h5-6,9H,2-4,7-8,14H2,1H3,(H,15,17). The van der Waals surface area contributed by atoms with Crippen LogP contribution >= 0.6 is 0 Å². The fourth-order valence-electron chi connectivity index (χ4n) is 2.10. The van der Waals surface area contributed by atoms with Gasteiger partial charge >= 0.3 is 0 Å². The molecule has 5 heteroatoms. The number of nitrogens with one attached hydrogen (secondary N) is 1. The summed E-state index contributed by atoms with van der Waals surface area (Å²) in [7, 11) is 1.53. The number of nitrogens with zero attached hydrogens (tertiary/aromatic N) is 1. The summed E-state index contributed by atoms with van der Waals surface area (Å²) < 4.78 is 5.18. The second-order valence-electron chi connectivity index (χ2n) is 4.45. The van der Waals surface area contributed by atoms with E-state index in [1.165, 1.54) is 13.5 Å². The van der Waals surface area contributed by atoms with Gasteiger partial charge in [0.1, 0.15) is 5.75 Å². The molecule has 18 heavy (non-hydrogen) atoms. The fourth-order valence-corrected chi connectivity index (χ4v) is 2.10. The van der Waals surface area contributed by atoms with Gasteiger partial charge in [0.05, 0.1) is 12.7 Å². The number of carbonyl (C=O) groups excluding carboxylic acids is 1. The van der Waals surface area contributed by atoms with E-state index < -0.39 is 0 Å². The number of nitrogens with two attached hydrogens (primary N) is 1. The second kappa shape index (κ2) is 5.73. The number of ether oxygens (including phenoxy) is 1. The summed E-state index contributed by atoms with van der Waals surface area (Å²) in [5, 5.41) is 1.96. The molecule has 98 valence electrons. The summed E-state index contributed by atoms with van der Waals surface area (Å²) in [5.41, 5.74) is 9.66. The zero-order valence-corrected chi connectivity index (χ0v) is 10.6. The van der Waals surface area contributed by atoms with Gasteiger partial charge in [-0.25, -0.2) is 5.01 Å². The van der Waals surface area contributed by atoms with Crippen LogP contribution in [-0.2, 0) is 0 Å². The Morgan fingerprint density at radius 2 is 2.06 bits per heavy atom. The van der Waals surface area contributed by atoms with Crippen molar-refractivity contribution in [3.8, 4) is 5.75 Å². The van der Waals surface area contributed by atoms with Crippen LogP contribution < -0.4 is 15.9 Å². The minimum Gasteiger partial charge on any atom is -0.496 e. The van der Waals surface area contributed by atoms with Gasteiger partial charge in [-0.3, -0.25) is 10.2 Å². The van der Waals surface area contributed by atoms with Crippen LogP contribution in [0.25, 0.3) is 0 Å². The summed E-state index contributed by atoms with van der Waals surface area (Å²) in [5.74, 6) is 0.359. The van der Waals surface area contributed by atoms with Crippen molar-refractivity contribution in [2.24, 2.45) is 0 Å². The molecule has 0 saturated carbocycles. The third-order valence-corrected chi connectivity index (χ3v) is 3.09. The van der Waals surface area contributed by atoms with E-state index in [-0.39, 0.29) is 5.91 Å². The summed E-state index contributed by atoms with van der Waals surface area (Å²) in [6.07, 6.45) is 3.48. The summed E-state index contributed by atoms with van der Waals surface area (Å²) in [4.78, 5) is 12.1. The number of piperidine rings is 1. The Balaban J connectivity index is 2.08. The molecule has 0 atom stereocenters. The van der Waals surface area contributed by atoms with Gasteiger partial charge in [0.2, 0.25) is 0 Å². The van der Waals surface area contributed by atoms with Crippen LogP contribution in [0, 0.1) is 0 Å². The highest BCUT2D eigenvalue weighted by molar-refractivity contribution is 5.97. The largest absolute Gasteiger partial charge is 0.496 e. The first-order valence-corrected chi connectivity index (χ1v) is 6.20. The van der Waals surface area contributed by atoms with E-state index in [0.29, 0.717) is 17.0 Å². The SMILES string of the molecule is COc1cc(N)ccc1C(=O)NN1CCCCC1. The van der Waals surface area contributed by atoms with Crippen LogP contribution in [0.2, 0.25) is 0 Å². The van der Waals surface area contributed by atoms with Crippen molar-refractivity contribution in [2.75, 3.05) is 25.9 Å². The first-order chi connectivity index (χ1) is 8.70. The van der Waals surface area contributed by atoms with Gasteiger partial charge in [-0.15, -0.1) is 0 Å². The third-order valence-electron chi connectivity index (χ3n) is 3.09. The molecule has 1 aliphatic rings. The summed E-state index contributed by atoms with van der Waals surface area (Å²) in [6, 6.07) is 5.05. The summed E-state index contributed by atoms with van der Waals surface area (Å²) >= 11 is 0. The third kappa shape index (κ3) is 2.92. The molecule has 1 heterocycles. The van der Waals surface area contributed by atoms with Crippen LogP contribution in [0.3, 0.4) is 0 Å². The number of amides is 1. The Morgan fingerprint density at radius 1 is 1.33 bits per heavy atom. The predicted octanol–water partition coefficient (Wildman–Crippen LogP) is 1.41. The second-order valence-corrected chi connectivity index (χ2v) is 4.45. The minimum atomic E-state index is -0.145. The van der Waals surface area contributed by atoms with E-state index in [4.69, 9.17) is 10.5 Å². The Labute approximate surface area is 107 Å². The van der Waals surface area contributed by atoms with Crippen LogP contribution in [-0.4, -0.2) is 31.1 Å². The maximum absolute atomic E-state index is 12.1. The highest BCUT2D eigenvalue weighted by Gasteiger charge is 2.17. The lowest BCUT2D eigenvalue weighted by molar-refractivity contribution is 0.0747. The molecule has 5 nitrogen and oxygen atoms in total. The van der Waals surface area contributed by atoms with Crippen LogP contribution in [0.5, 0.6) is 5.75 Å². The van der Waals surface area contributed by atoms with E-state index in [1.54, 1.807) is 18.2 Å². The number of nitrogen functional groups attached to an aromatic ring is 1. The quantitative estimate of drug-likeness (QED) is 0.795. The first kappa shape index (κ1) is 12.7. The molecular formula is C13H19N3O2. The van der Waals surface area contributed by atoms with E-state index in [1.807, 2.05) is 5.01 Å². The normalized spacial score (nSPS) is 16.3. The van der Waals surface area contributed by atoms with E-state index >= 15 is 0 Å². The number of carbonyl (C=O) groups is 1. The molecular weight excluding hydrogens is 230 g/mol. The van der Waals surface area contributed by atoms with E-state index in [0.717, 1.165) is 25.9 Å². The number of rotatable bonds is 3. The molecule has 0 spiro atoms. The number of methoxy groups -OCH3 is 1. The molecule has 0 aliphatic carbocycles. The van der Waals surface area contributed by atoms with Crippen molar-refractivity contribution in [3.05, 3.63) is 23.8 Å². The number of hydrogen-bond donors (Lipinski definition) is 2. The predicted molar refractivity (Wildman–Crippen MR) is 70.3 cm³/mol. The molecule has 1 fully saturated rings. The van der Waals surface area contributed by atoms with Gasteiger partial charge in [0.25, 0.3) is 5.91 Å². The van der Waals surface area contributed by atoms with Crippen molar-refractivity contribution in [3.63, 3.8) is 0 Å². The van der Waals surface area contributed by atoms with Gasteiger partial charge < -0.3 is 10.5 Å². The van der Waals surface area contributed by atoms with Crippen LogP contribution in [0.15, 0.2) is 18.2 Å². The number of hydrazine groups is 1. The smallest absolute Gasteiger partial charge is 0.269 e. The minimum absolute atomic E-state index is 0.145. The Hall–Kier alpha value is -1.75. The molecule has 1 saturated heterocycles. The van der Waals surface area contributed by atoms with Gasteiger partial charge in [-0.2, -0.15) is 0 Å². The highest BCUT2D eigenvalue weighted by Crippen LogP contribution is 2.21. The Morgan fingerprint density at radius 3 is 2.72 bits per heavy atom. The molecule has 1 aromatic rings. The lowest BCUT2D eigenvalue weighted by atomic mass is 10.1. The topological polar surface area (TPSA) is 67.6 Å². The van der Waals surface area contributed by atoms with Crippen LogP contribution in [0.1, 0.15) is 29.6 Å². The number of anilines is 1. The van der Waals surface area contributed by atoms with Crippen molar-refractivity contribution in [1.29, 1.82) is 0 Å². The average molecular weight is 249 g/mol. The fraction of sp³-hybridized carbons (Fsp3) is 0.462. The molecule has 3 N–H and O–H groups in total. The van der Waals surface area contributed by atoms with E-state index in [9.17, 15) is 4.79 Å². The van der Waals surface area contributed by atoms with E-state index in [2.05, 4.69) is 5.43 Å². The lowest BCUT2D eigenvalue weighted by Gasteiger charge is -2.27. The molecule has 1 aromatic carbocycles. The monoisotopic (exact) mass is 249 g/mol. The molecule has 1 amide bonds. The number of benzene rings is 1. The molecule has 1 aliphatic heterocycles. The maximum Gasteiger partial charge on any atom is 0.269 e. The number of hydrogen-bond acceptors (Lipinski definition) is 4. The molecule has 0 radical (unpaired) electrons. The molecule has 2 rings (SSSR count). The molecule has 0 bridgehead atoms. The van der Waals surface area contributed by atoms with Crippen molar-refractivity contribution >= 4 is 11.6 Å². The van der Waals surface area contributed by atoms with Gasteiger partial charge in [0.15, 0.2) is 0 Å². The highest BCUT2D eigenvalue weighted by atomic mass is 16.5. The average Bonchev–Trinajstić information content (AvgIpc) is 2.39. The lowest BCUT2D eigenvalue weighted by Crippen LogP contribution is -2.45. The van der Waals surface area contributed by atoms with Crippen molar-refractivity contribution in [1.82, 2.24) is 10.4 Å². The van der Waals surface area contributed by atoms with Gasteiger partial charge in [-0.1, -0.05) is 6.42 Å². The Bertz CT molecular complexity index is 428. The van der Waals surface area contributed by atoms with Crippen molar-refractivity contribution < 1.29 is 9.53 Å². The molecule has 0 unspecified atom stereocenters. The van der Waals surface area contributed by atoms with Gasteiger partial charge in [0, 0.05) is 24.8 Å². The zero-order valence-electron chi connectivity index (χ0n) is 10.6. The zero-order chi connectivity index (χ0) is 13.0. The van der Waals surface area contributed by atoms with Crippen LogP contribution in [0.4, 0.5) is 5.69 Å². The first-order valence-electron chi connectivity index (χ1n) is 6.20. The van der Waals surface area contributed by atoms with Gasteiger partial charge in [-0.05, 0) is 25.0 Å². The summed E-state index contributed by atoms with van der Waals surface area (Å²) in [6.45, 7) is 1.81.